The number of hydrogen-bond donors (Lipinski definition) is 0. The molecule has 0 aliphatic rings. The van der Waals surface area contributed by atoms with Crippen LogP contribution in [-0.4, -0.2) is 12.2 Å². The summed E-state index contributed by atoms with van der Waals surface area (Å²) >= 11 is 0. The van der Waals surface area contributed by atoms with Crippen molar-refractivity contribution in [3.63, 3.8) is 0 Å². The molecular weight excluding hydrogens is 247 g/mol. The van der Waals surface area contributed by atoms with E-state index in [2.05, 4.69) is 0 Å². The predicted molar refractivity (Wildman–Crippen MR) is 74.9 cm³/mol. The van der Waals surface area contributed by atoms with Gasteiger partial charge in [0.25, 0.3) is 0 Å². The summed E-state index contributed by atoms with van der Waals surface area (Å²) in [6.07, 6.45) is -0.249. The third-order valence-electron chi connectivity index (χ3n) is 2.47. The van der Waals surface area contributed by atoms with E-state index in [1.807, 2.05) is 65.0 Å². The fraction of sp³-hybridized carbons (Fsp3) is 0.571. The van der Waals surface area contributed by atoms with Crippen LogP contribution in [0.1, 0.15) is 45.8 Å². The van der Waals surface area contributed by atoms with Crippen LogP contribution in [0.2, 0.25) is 0 Å². The lowest BCUT2D eigenvalue weighted by atomic mass is 10.2. The predicted octanol–water partition coefficient (Wildman–Crippen LogP) is 4.79. The molecular formula is C14H23O3P. The molecule has 0 radical (unpaired) electrons. The Morgan fingerprint density at radius 3 is 1.72 bits per heavy atom. The highest BCUT2D eigenvalue weighted by Gasteiger charge is 2.35. The van der Waals surface area contributed by atoms with Crippen LogP contribution in [0.4, 0.5) is 0 Å². The van der Waals surface area contributed by atoms with Gasteiger partial charge in [0.05, 0.1) is 17.9 Å². The van der Waals surface area contributed by atoms with Gasteiger partial charge < -0.3 is 9.05 Å². The standard InChI is InChI=1S/C14H23O3P/c1-11(2)16-18(15,17-12(3)4)13(5)14-9-7-6-8-10-14/h6-13H,1-5H3. The lowest BCUT2D eigenvalue weighted by molar-refractivity contribution is 0.137. The van der Waals surface area contributed by atoms with Gasteiger partial charge >= 0.3 is 7.60 Å². The van der Waals surface area contributed by atoms with E-state index < -0.39 is 7.60 Å². The maximum absolute atomic E-state index is 12.9. The molecule has 1 rings (SSSR count). The minimum absolute atomic E-state index is 0.124. The molecule has 0 bridgehead atoms. The van der Waals surface area contributed by atoms with E-state index in [4.69, 9.17) is 9.05 Å². The number of rotatable bonds is 6. The highest BCUT2D eigenvalue weighted by Crippen LogP contribution is 2.62. The zero-order valence-corrected chi connectivity index (χ0v) is 12.7. The second-order valence-corrected chi connectivity index (χ2v) is 7.21. The van der Waals surface area contributed by atoms with Crippen LogP contribution in [0.15, 0.2) is 30.3 Å². The quantitative estimate of drug-likeness (QED) is 0.697. The Balaban J connectivity index is 2.99. The minimum Gasteiger partial charge on any atom is -0.305 e. The lowest BCUT2D eigenvalue weighted by Gasteiger charge is -2.27. The molecule has 0 amide bonds. The Kier molecular flexibility index (Phi) is 5.58. The Morgan fingerprint density at radius 2 is 1.33 bits per heavy atom. The van der Waals surface area contributed by atoms with Gasteiger partial charge in [0.15, 0.2) is 0 Å². The lowest BCUT2D eigenvalue weighted by Crippen LogP contribution is -2.12. The average Bonchev–Trinajstić information content (AvgIpc) is 2.27. The molecule has 4 heteroatoms. The first kappa shape index (κ1) is 15.4. The third-order valence-corrected chi connectivity index (χ3v) is 5.15. The van der Waals surface area contributed by atoms with Gasteiger partial charge in [0.2, 0.25) is 0 Å². The third kappa shape index (κ3) is 4.24. The van der Waals surface area contributed by atoms with Crippen LogP contribution in [0.5, 0.6) is 0 Å². The van der Waals surface area contributed by atoms with Gasteiger partial charge in [-0.2, -0.15) is 0 Å². The molecule has 0 fully saturated rings. The maximum Gasteiger partial charge on any atom is 0.338 e. The van der Waals surface area contributed by atoms with Crippen LogP contribution in [0.25, 0.3) is 0 Å². The van der Waals surface area contributed by atoms with E-state index in [1.165, 1.54) is 0 Å². The van der Waals surface area contributed by atoms with E-state index in [0.717, 1.165) is 5.56 Å². The second-order valence-electron chi connectivity index (χ2n) is 4.93. The topological polar surface area (TPSA) is 35.5 Å². The van der Waals surface area contributed by atoms with Crippen LogP contribution < -0.4 is 0 Å². The van der Waals surface area contributed by atoms with Crippen LogP contribution >= 0.6 is 7.60 Å². The molecule has 0 aliphatic carbocycles. The number of benzene rings is 1. The summed E-state index contributed by atoms with van der Waals surface area (Å²) in [7, 11) is -3.14. The summed E-state index contributed by atoms with van der Waals surface area (Å²) in [5.74, 6) is 0. The first-order valence-corrected chi connectivity index (χ1v) is 7.98. The Bertz CT molecular complexity index is 387. The van der Waals surface area contributed by atoms with Crippen molar-refractivity contribution in [2.75, 3.05) is 0 Å². The van der Waals surface area contributed by atoms with Crippen molar-refractivity contribution in [1.82, 2.24) is 0 Å². The van der Waals surface area contributed by atoms with Crippen LogP contribution in [-0.2, 0) is 13.6 Å². The van der Waals surface area contributed by atoms with Gasteiger partial charge in [-0.1, -0.05) is 30.3 Å². The summed E-state index contributed by atoms with van der Waals surface area (Å²) in [5.41, 5.74) is 0.714. The van der Waals surface area contributed by atoms with Crippen molar-refractivity contribution in [3.05, 3.63) is 35.9 Å². The zero-order chi connectivity index (χ0) is 13.8. The SMILES string of the molecule is CC(C)OP(=O)(OC(C)C)C(C)c1ccccc1. The molecule has 1 aromatic rings. The zero-order valence-electron chi connectivity index (χ0n) is 11.8. The molecule has 0 aromatic heterocycles. The van der Waals surface area contributed by atoms with E-state index >= 15 is 0 Å². The molecule has 102 valence electrons. The maximum atomic E-state index is 12.9. The summed E-state index contributed by atoms with van der Waals surface area (Å²) in [4.78, 5) is 0. The molecule has 0 saturated heterocycles. The molecule has 0 N–H and O–H groups in total. The minimum atomic E-state index is -3.14. The van der Waals surface area contributed by atoms with Gasteiger partial charge in [0.1, 0.15) is 0 Å². The Labute approximate surface area is 110 Å². The van der Waals surface area contributed by atoms with Crippen molar-refractivity contribution < 1.29 is 13.6 Å². The van der Waals surface area contributed by atoms with E-state index in [0.29, 0.717) is 0 Å². The fourth-order valence-electron chi connectivity index (χ4n) is 1.71. The molecule has 0 spiro atoms. The highest BCUT2D eigenvalue weighted by atomic mass is 31.2. The summed E-state index contributed by atoms with van der Waals surface area (Å²) in [5, 5.41) is 0. The van der Waals surface area contributed by atoms with Crippen molar-refractivity contribution in [2.45, 2.75) is 52.5 Å². The summed E-state index contributed by atoms with van der Waals surface area (Å²) in [6, 6.07) is 9.70. The normalized spacial score (nSPS) is 14.2. The summed E-state index contributed by atoms with van der Waals surface area (Å²) < 4.78 is 24.1. The molecule has 0 heterocycles. The highest BCUT2D eigenvalue weighted by molar-refractivity contribution is 7.54. The van der Waals surface area contributed by atoms with Crippen molar-refractivity contribution in [2.24, 2.45) is 0 Å². The van der Waals surface area contributed by atoms with Gasteiger partial charge in [-0.15, -0.1) is 0 Å². The van der Waals surface area contributed by atoms with E-state index in [-0.39, 0.29) is 17.9 Å². The molecule has 0 aliphatic heterocycles. The van der Waals surface area contributed by atoms with E-state index in [1.54, 1.807) is 0 Å². The van der Waals surface area contributed by atoms with Gasteiger partial charge in [-0.05, 0) is 40.2 Å². The summed E-state index contributed by atoms with van der Waals surface area (Å²) in [6.45, 7) is 9.37. The molecule has 1 aromatic carbocycles. The van der Waals surface area contributed by atoms with E-state index in [9.17, 15) is 4.57 Å². The Morgan fingerprint density at radius 1 is 0.889 bits per heavy atom. The molecule has 1 atom stereocenters. The molecule has 1 unspecified atom stereocenters. The molecule has 0 saturated carbocycles. The fourth-order valence-corrected chi connectivity index (χ4v) is 3.84. The van der Waals surface area contributed by atoms with Crippen LogP contribution in [0.3, 0.4) is 0 Å². The van der Waals surface area contributed by atoms with Gasteiger partial charge in [-0.25, -0.2) is 0 Å². The average molecular weight is 270 g/mol. The van der Waals surface area contributed by atoms with Crippen LogP contribution in [0, 0.1) is 0 Å². The van der Waals surface area contributed by atoms with Crippen molar-refractivity contribution >= 4 is 7.60 Å². The van der Waals surface area contributed by atoms with Gasteiger partial charge in [0, 0.05) is 0 Å². The van der Waals surface area contributed by atoms with Crippen molar-refractivity contribution in [3.8, 4) is 0 Å². The van der Waals surface area contributed by atoms with Gasteiger partial charge in [-0.3, -0.25) is 4.57 Å². The largest absolute Gasteiger partial charge is 0.338 e. The Hall–Kier alpha value is -0.630. The monoisotopic (exact) mass is 270 g/mol. The second kappa shape index (κ2) is 6.51. The van der Waals surface area contributed by atoms with Crippen molar-refractivity contribution in [1.29, 1.82) is 0 Å². The molecule has 18 heavy (non-hydrogen) atoms. The smallest absolute Gasteiger partial charge is 0.305 e. The first-order valence-electron chi connectivity index (χ1n) is 6.36. The number of hydrogen-bond acceptors (Lipinski definition) is 3. The first-order chi connectivity index (χ1) is 8.35. The molecule has 3 nitrogen and oxygen atoms in total.